The molecule has 2 N–H and O–H groups in total. The fourth-order valence-corrected chi connectivity index (χ4v) is 1.42. The van der Waals surface area contributed by atoms with E-state index in [1.807, 2.05) is 6.07 Å². The van der Waals surface area contributed by atoms with Crippen LogP contribution in [0, 0.1) is 5.82 Å². The van der Waals surface area contributed by atoms with Crippen molar-refractivity contribution in [3.8, 4) is 11.3 Å². The second kappa shape index (κ2) is 3.78. The van der Waals surface area contributed by atoms with Gasteiger partial charge in [-0.05, 0) is 6.07 Å². The molecule has 5 heteroatoms. The van der Waals surface area contributed by atoms with E-state index in [1.165, 1.54) is 6.07 Å². The Bertz CT molecular complexity index is 478. The number of aryl methyl sites for hydroxylation is 1. The summed E-state index contributed by atoms with van der Waals surface area (Å²) in [6.45, 7) is 0.204. The summed E-state index contributed by atoms with van der Waals surface area (Å²) in [4.78, 5) is 0. The smallest absolute Gasteiger partial charge is 0.128 e. The van der Waals surface area contributed by atoms with E-state index in [2.05, 4.69) is 10.3 Å². The zero-order chi connectivity index (χ0) is 10.8. The maximum Gasteiger partial charge on any atom is 0.128 e. The molecule has 1 heterocycles. The SMILES string of the molecule is Cn1nncc1-c1ccc(CN)c(F)c1. The summed E-state index contributed by atoms with van der Waals surface area (Å²) in [7, 11) is 1.76. The predicted octanol–water partition coefficient (Wildman–Crippen LogP) is 1.08. The minimum Gasteiger partial charge on any atom is -0.326 e. The Balaban J connectivity index is 2.47. The van der Waals surface area contributed by atoms with Gasteiger partial charge < -0.3 is 5.73 Å². The number of hydrogen-bond donors (Lipinski definition) is 1. The van der Waals surface area contributed by atoms with Crippen molar-refractivity contribution in [2.24, 2.45) is 12.8 Å². The van der Waals surface area contributed by atoms with Crippen LogP contribution in [0.25, 0.3) is 11.3 Å². The van der Waals surface area contributed by atoms with Crippen LogP contribution in [-0.4, -0.2) is 15.0 Å². The summed E-state index contributed by atoms with van der Waals surface area (Å²) < 4.78 is 15.0. The van der Waals surface area contributed by atoms with Gasteiger partial charge in [-0.2, -0.15) is 0 Å². The Morgan fingerprint density at radius 2 is 2.27 bits per heavy atom. The molecule has 0 saturated carbocycles. The Labute approximate surface area is 86.5 Å². The summed E-state index contributed by atoms with van der Waals surface area (Å²) in [5, 5.41) is 7.52. The van der Waals surface area contributed by atoms with Crippen molar-refractivity contribution in [2.45, 2.75) is 6.54 Å². The van der Waals surface area contributed by atoms with Gasteiger partial charge in [-0.15, -0.1) is 5.10 Å². The summed E-state index contributed by atoms with van der Waals surface area (Å²) >= 11 is 0. The van der Waals surface area contributed by atoms with Crippen molar-refractivity contribution < 1.29 is 4.39 Å². The van der Waals surface area contributed by atoms with Crippen LogP contribution in [0.1, 0.15) is 5.56 Å². The molecule has 0 amide bonds. The van der Waals surface area contributed by atoms with Gasteiger partial charge in [0.25, 0.3) is 0 Å². The summed E-state index contributed by atoms with van der Waals surface area (Å²) in [6.07, 6.45) is 1.59. The highest BCUT2D eigenvalue weighted by molar-refractivity contribution is 5.58. The normalized spacial score (nSPS) is 10.6. The van der Waals surface area contributed by atoms with Gasteiger partial charge in [0, 0.05) is 24.7 Å². The first kappa shape index (κ1) is 9.79. The van der Waals surface area contributed by atoms with Gasteiger partial charge in [0.15, 0.2) is 0 Å². The molecule has 78 valence electrons. The molecule has 4 nitrogen and oxygen atoms in total. The molecule has 0 saturated heterocycles. The second-order valence-electron chi connectivity index (χ2n) is 3.25. The highest BCUT2D eigenvalue weighted by Crippen LogP contribution is 2.20. The third-order valence-corrected chi connectivity index (χ3v) is 2.28. The predicted molar refractivity (Wildman–Crippen MR) is 54.3 cm³/mol. The second-order valence-corrected chi connectivity index (χ2v) is 3.25. The fraction of sp³-hybridized carbons (Fsp3) is 0.200. The lowest BCUT2D eigenvalue weighted by Gasteiger charge is -2.03. The topological polar surface area (TPSA) is 56.7 Å². The van der Waals surface area contributed by atoms with Gasteiger partial charge >= 0.3 is 0 Å². The average molecular weight is 206 g/mol. The van der Waals surface area contributed by atoms with E-state index < -0.39 is 0 Å². The number of aromatic nitrogens is 3. The summed E-state index contributed by atoms with van der Waals surface area (Å²) in [5.74, 6) is -0.295. The Hall–Kier alpha value is -1.75. The maximum absolute atomic E-state index is 13.4. The van der Waals surface area contributed by atoms with Gasteiger partial charge in [0.05, 0.1) is 11.9 Å². The minimum absolute atomic E-state index is 0.204. The number of benzene rings is 1. The first-order valence-corrected chi connectivity index (χ1v) is 4.56. The van der Waals surface area contributed by atoms with Gasteiger partial charge in [-0.1, -0.05) is 17.3 Å². The monoisotopic (exact) mass is 206 g/mol. The molecule has 1 aromatic heterocycles. The van der Waals surface area contributed by atoms with Gasteiger partial charge in [-0.25, -0.2) is 9.07 Å². The third kappa shape index (κ3) is 1.73. The molecular formula is C10H11FN4. The Morgan fingerprint density at radius 3 is 2.80 bits per heavy atom. The molecule has 0 spiro atoms. The molecular weight excluding hydrogens is 195 g/mol. The molecule has 0 aliphatic rings. The van der Waals surface area contributed by atoms with Crippen LogP contribution in [0.5, 0.6) is 0 Å². The first-order chi connectivity index (χ1) is 7.22. The molecule has 0 bridgehead atoms. The number of hydrogen-bond acceptors (Lipinski definition) is 3. The van der Waals surface area contributed by atoms with E-state index in [9.17, 15) is 4.39 Å². The molecule has 0 aliphatic heterocycles. The van der Waals surface area contributed by atoms with E-state index in [0.29, 0.717) is 5.56 Å². The number of halogens is 1. The molecule has 0 aliphatic carbocycles. The van der Waals surface area contributed by atoms with Crippen LogP contribution in [0.2, 0.25) is 0 Å². The summed E-state index contributed by atoms with van der Waals surface area (Å²) in [6, 6.07) is 4.93. The van der Waals surface area contributed by atoms with E-state index in [0.717, 1.165) is 11.3 Å². The van der Waals surface area contributed by atoms with Crippen LogP contribution in [0.3, 0.4) is 0 Å². The zero-order valence-electron chi connectivity index (χ0n) is 8.31. The Kier molecular flexibility index (Phi) is 2.47. The number of nitrogens with two attached hydrogens (primary N) is 1. The van der Waals surface area contributed by atoms with Crippen molar-refractivity contribution in [3.63, 3.8) is 0 Å². The molecule has 15 heavy (non-hydrogen) atoms. The highest BCUT2D eigenvalue weighted by atomic mass is 19.1. The van der Waals surface area contributed by atoms with Crippen LogP contribution in [0.15, 0.2) is 24.4 Å². The summed E-state index contributed by atoms with van der Waals surface area (Å²) in [5.41, 5.74) is 7.41. The molecule has 0 atom stereocenters. The van der Waals surface area contributed by atoms with Crippen molar-refractivity contribution in [1.29, 1.82) is 0 Å². The van der Waals surface area contributed by atoms with Crippen molar-refractivity contribution in [1.82, 2.24) is 15.0 Å². The quantitative estimate of drug-likeness (QED) is 0.799. The van der Waals surface area contributed by atoms with E-state index in [4.69, 9.17) is 5.73 Å². The van der Waals surface area contributed by atoms with Crippen LogP contribution in [0.4, 0.5) is 4.39 Å². The standard InChI is InChI=1S/C10H11FN4/c1-15-10(6-13-14-15)7-2-3-8(5-12)9(11)4-7/h2-4,6H,5,12H2,1H3. The first-order valence-electron chi connectivity index (χ1n) is 4.56. The van der Waals surface area contributed by atoms with Crippen LogP contribution >= 0.6 is 0 Å². The third-order valence-electron chi connectivity index (χ3n) is 2.28. The lowest BCUT2D eigenvalue weighted by atomic mass is 10.1. The lowest BCUT2D eigenvalue weighted by molar-refractivity contribution is 0.611. The zero-order valence-corrected chi connectivity index (χ0v) is 8.31. The lowest BCUT2D eigenvalue weighted by Crippen LogP contribution is -2.00. The van der Waals surface area contributed by atoms with Crippen molar-refractivity contribution in [2.75, 3.05) is 0 Å². The van der Waals surface area contributed by atoms with Gasteiger partial charge in [-0.3, -0.25) is 0 Å². The average Bonchev–Trinajstić information content (AvgIpc) is 2.64. The van der Waals surface area contributed by atoms with Gasteiger partial charge in [0.1, 0.15) is 5.82 Å². The number of nitrogens with zero attached hydrogens (tertiary/aromatic N) is 3. The molecule has 0 radical (unpaired) electrons. The molecule has 2 rings (SSSR count). The van der Waals surface area contributed by atoms with Crippen molar-refractivity contribution in [3.05, 3.63) is 35.8 Å². The Morgan fingerprint density at radius 1 is 1.47 bits per heavy atom. The molecule has 1 aromatic carbocycles. The van der Waals surface area contributed by atoms with E-state index in [1.54, 1.807) is 24.0 Å². The largest absolute Gasteiger partial charge is 0.326 e. The molecule has 0 unspecified atom stereocenters. The van der Waals surface area contributed by atoms with Crippen LogP contribution < -0.4 is 5.73 Å². The van der Waals surface area contributed by atoms with Crippen molar-refractivity contribution >= 4 is 0 Å². The fourth-order valence-electron chi connectivity index (χ4n) is 1.42. The van der Waals surface area contributed by atoms with Crippen LogP contribution in [-0.2, 0) is 13.6 Å². The van der Waals surface area contributed by atoms with E-state index >= 15 is 0 Å². The number of rotatable bonds is 2. The minimum atomic E-state index is -0.295. The molecule has 0 fully saturated rings. The highest BCUT2D eigenvalue weighted by Gasteiger charge is 2.07. The molecule has 2 aromatic rings. The maximum atomic E-state index is 13.4. The van der Waals surface area contributed by atoms with E-state index in [-0.39, 0.29) is 12.4 Å². The van der Waals surface area contributed by atoms with Gasteiger partial charge in [0.2, 0.25) is 0 Å².